The molecular weight excluding hydrogens is 304 g/mol. The molecule has 1 aromatic carbocycles. The van der Waals surface area contributed by atoms with Crippen LogP contribution < -0.4 is 5.32 Å². The Balaban J connectivity index is 1.65. The Hall–Kier alpha value is -1.92. The van der Waals surface area contributed by atoms with Crippen LogP contribution in [0.3, 0.4) is 0 Å². The molecule has 0 radical (unpaired) electrons. The number of ether oxygens (including phenoxy) is 1. The molecule has 1 atom stereocenters. The zero-order chi connectivity index (χ0) is 16.9. The van der Waals surface area contributed by atoms with E-state index in [0.29, 0.717) is 24.2 Å². The monoisotopic (exact) mass is 330 g/mol. The van der Waals surface area contributed by atoms with Gasteiger partial charge in [0.25, 0.3) is 5.91 Å². The number of fused-ring (bicyclic) bond motifs is 1. The number of nitrogens with one attached hydrogen (secondary N) is 2. The second kappa shape index (κ2) is 7.77. The average molecular weight is 330 g/mol. The zero-order valence-corrected chi connectivity index (χ0v) is 14.4. The van der Waals surface area contributed by atoms with Crippen LogP contribution in [0.1, 0.15) is 30.8 Å². The van der Waals surface area contributed by atoms with E-state index in [-0.39, 0.29) is 5.91 Å². The van der Waals surface area contributed by atoms with Gasteiger partial charge in [0.2, 0.25) is 0 Å². The fraction of sp³-hybridized carbons (Fsp3) is 0.556. The first-order valence-electron chi connectivity index (χ1n) is 8.68. The van der Waals surface area contributed by atoms with Gasteiger partial charge in [-0.1, -0.05) is 32.0 Å². The van der Waals surface area contributed by atoms with Crippen molar-refractivity contribution in [3.05, 3.63) is 30.0 Å². The Morgan fingerprint density at radius 3 is 2.83 bits per heavy atom. The summed E-state index contributed by atoms with van der Waals surface area (Å²) in [4.78, 5) is 15.0. The van der Waals surface area contributed by atoms with E-state index in [1.165, 1.54) is 0 Å². The second-order valence-electron chi connectivity index (χ2n) is 6.76. The summed E-state index contributed by atoms with van der Waals surface area (Å²) in [6.45, 7) is 8.47. The van der Waals surface area contributed by atoms with Gasteiger partial charge in [-0.05, 0) is 18.4 Å². The third-order valence-electron chi connectivity index (χ3n) is 4.49. The number of H-pyrrole nitrogens is 1. The molecule has 0 unspecified atom stereocenters. The molecule has 1 aromatic heterocycles. The Kier molecular flexibility index (Phi) is 5.48. The van der Waals surface area contributed by atoms with Gasteiger partial charge in [0.15, 0.2) is 5.69 Å². The van der Waals surface area contributed by atoms with Crippen LogP contribution in [0.5, 0.6) is 0 Å². The average Bonchev–Trinajstić information content (AvgIpc) is 3.03. The maximum Gasteiger partial charge on any atom is 0.272 e. The molecule has 1 aliphatic heterocycles. The number of carbonyl (C=O) groups excluding carboxylic acids is 1. The Morgan fingerprint density at radius 2 is 2.08 bits per heavy atom. The van der Waals surface area contributed by atoms with Gasteiger partial charge in [-0.25, -0.2) is 0 Å². The largest absolute Gasteiger partial charge is 0.379 e. The van der Waals surface area contributed by atoms with E-state index in [2.05, 4.69) is 34.3 Å². The molecule has 0 aliphatic carbocycles. The number of nitrogens with zero attached hydrogens (tertiary/aromatic N) is 2. The summed E-state index contributed by atoms with van der Waals surface area (Å²) in [5.41, 5.74) is 1.35. The molecule has 1 aliphatic rings. The number of benzene rings is 1. The van der Waals surface area contributed by atoms with Gasteiger partial charge < -0.3 is 10.1 Å². The Bertz CT molecular complexity index is 676. The number of para-hydroxylation sites is 1. The van der Waals surface area contributed by atoms with Crippen molar-refractivity contribution in [2.45, 2.75) is 26.3 Å². The van der Waals surface area contributed by atoms with Crippen LogP contribution in [0.15, 0.2) is 24.3 Å². The van der Waals surface area contributed by atoms with Crippen LogP contribution >= 0.6 is 0 Å². The van der Waals surface area contributed by atoms with E-state index >= 15 is 0 Å². The lowest BCUT2D eigenvalue weighted by molar-refractivity contribution is 0.0124. The molecular formula is C18H26N4O2. The minimum absolute atomic E-state index is 0.116. The molecule has 2 aromatic rings. The summed E-state index contributed by atoms with van der Waals surface area (Å²) in [5.74, 6) is 0.468. The van der Waals surface area contributed by atoms with Crippen LogP contribution in [0.25, 0.3) is 10.9 Å². The van der Waals surface area contributed by atoms with E-state index in [0.717, 1.165) is 43.6 Å². The van der Waals surface area contributed by atoms with Crippen molar-refractivity contribution in [3.8, 4) is 0 Å². The van der Waals surface area contributed by atoms with Gasteiger partial charge in [-0.2, -0.15) is 5.10 Å². The molecule has 1 fully saturated rings. The fourth-order valence-corrected chi connectivity index (χ4v) is 3.28. The van der Waals surface area contributed by atoms with Crippen molar-refractivity contribution < 1.29 is 9.53 Å². The van der Waals surface area contributed by atoms with Gasteiger partial charge in [0.05, 0.1) is 18.7 Å². The van der Waals surface area contributed by atoms with Gasteiger partial charge in [-0.15, -0.1) is 0 Å². The van der Waals surface area contributed by atoms with Crippen molar-refractivity contribution in [2.75, 3.05) is 32.8 Å². The lowest BCUT2D eigenvalue weighted by Crippen LogP contribution is -2.49. The number of hydrogen-bond acceptors (Lipinski definition) is 4. The van der Waals surface area contributed by atoms with Gasteiger partial charge >= 0.3 is 0 Å². The molecule has 6 heteroatoms. The molecule has 0 saturated carbocycles. The summed E-state index contributed by atoms with van der Waals surface area (Å²) in [6.07, 6.45) is 1.06. The topological polar surface area (TPSA) is 70.2 Å². The number of hydrogen-bond donors (Lipinski definition) is 2. The second-order valence-corrected chi connectivity index (χ2v) is 6.76. The van der Waals surface area contributed by atoms with Crippen molar-refractivity contribution >= 4 is 16.8 Å². The number of morpholine rings is 1. The number of aromatic amines is 1. The van der Waals surface area contributed by atoms with E-state index in [1.54, 1.807) is 0 Å². The Labute approximate surface area is 142 Å². The maximum absolute atomic E-state index is 12.6. The van der Waals surface area contributed by atoms with Crippen LogP contribution in [-0.4, -0.2) is 59.9 Å². The van der Waals surface area contributed by atoms with Crippen molar-refractivity contribution in [1.29, 1.82) is 0 Å². The van der Waals surface area contributed by atoms with E-state index in [4.69, 9.17) is 4.74 Å². The molecule has 2 heterocycles. The molecule has 130 valence electrons. The lowest BCUT2D eigenvalue weighted by Gasteiger charge is -2.35. The summed E-state index contributed by atoms with van der Waals surface area (Å²) < 4.78 is 5.44. The number of rotatable bonds is 6. The standard InChI is InChI=1S/C18H26N4O2/c1-13(2)11-14(22-7-9-24-10-8-22)12-19-18(23)17-15-5-3-4-6-16(15)20-21-17/h3-6,13-14H,7-12H2,1-2H3,(H,19,23)(H,20,21)/t14-/m0/s1. The molecule has 0 spiro atoms. The number of aromatic nitrogens is 2. The number of amides is 1. The predicted octanol–water partition coefficient (Wildman–Crippen LogP) is 2.04. The maximum atomic E-state index is 12.6. The lowest BCUT2D eigenvalue weighted by atomic mass is 10.0. The molecule has 1 amide bonds. The van der Waals surface area contributed by atoms with E-state index < -0.39 is 0 Å². The van der Waals surface area contributed by atoms with Crippen LogP contribution in [0.2, 0.25) is 0 Å². The normalized spacial score (nSPS) is 17.3. The minimum atomic E-state index is -0.116. The first-order chi connectivity index (χ1) is 11.6. The molecule has 2 N–H and O–H groups in total. The Morgan fingerprint density at radius 1 is 1.33 bits per heavy atom. The third-order valence-corrected chi connectivity index (χ3v) is 4.49. The minimum Gasteiger partial charge on any atom is -0.379 e. The third kappa shape index (κ3) is 3.94. The highest BCUT2D eigenvalue weighted by Crippen LogP contribution is 2.16. The predicted molar refractivity (Wildman–Crippen MR) is 94.1 cm³/mol. The van der Waals surface area contributed by atoms with E-state index in [1.807, 2.05) is 24.3 Å². The SMILES string of the molecule is CC(C)C[C@@H](CNC(=O)c1n[nH]c2ccccc12)N1CCOCC1. The molecule has 0 bridgehead atoms. The van der Waals surface area contributed by atoms with Crippen LogP contribution in [0.4, 0.5) is 0 Å². The van der Waals surface area contributed by atoms with Crippen molar-refractivity contribution in [1.82, 2.24) is 20.4 Å². The van der Waals surface area contributed by atoms with Crippen molar-refractivity contribution in [3.63, 3.8) is 0 Å². The van der Waals surface area contributed by atoms with Gasteiger partial charge in [0, 0.05) is 31.1 Å². The summed E-state index contributed by atoms with van der Waals surface area (Å²) in [6, 6.07) is 8.03. The van der Waals surface area contributed by atoms with Crippen LogP contribution in [-0.2, 0) is 4.74 Å². The first-order valence-corrected chi connectivity index (χ1v) is 8.68. The van der Waals surface area contributed by atoms with Crippen molar-refractivity contribution in [2.24, 2.45) is 5.92 Å². The summed E-state index contributed by atoms with van der Waals surface area (Å²) in [5, 5.41) is 11.0. The quantitative estimate of drug-likeness (QED) is 0.850. The molecule has 6 nitrogen and oxygen atoms in total. The molecule has 1 saturated heterocycles. The summed E-state index contributed by atoms with van der Waals surface area (Å²) >= 11 is 0. The highest BCUT2D eigenvalue weighted by molar-refractivity contribution is 6.04. The van der Waals surface area contributed by atoms with E-state index in [9.17, 15) is 4.79 Å². The summed E-state index contributed by atoms with van der Waals surface area (Å²) in [7, 11) is 0. The van der Waals surface area contributed by atoms with Crippen LogP contribution in [0, 0.1) is 5.92 Å². The fourth-order valence-electron chi connectivity index (χ4n) is 3.28. The van der Waals surface area contributed by atoms with Gasteiger partial charge in [-0.3, -0.25) is 14.8 Å². The number of carbonyl (C=O) groups is 1. The molecule has 3 rings (SSSR count). The highest BCUT2D eigenvalue weighted by Gasteiger charge is 2.23. The first kappa shape index (κ1) is 16.9. The zero-order valence-electron chi connectivity index (χ0n) is 14.4. The molecule has 24 heavy (non-hydrogen) atoms. The van der Waals surface area contributed by atoms with Gasteiger partial charge in [0.1, 0.15) is 0 Å². The smallest absolute Gasteiger partial charge is 0.272 e. The highest BCUT2D eigenvalue weighted by atomic mass is 16.5.